The number of rotatable bonds is 6. The average molecular weight is 302 g/mol. The third-order valence-electron chi connectivity index (χ3n) is 3.41. The third kappa shape index (κ3) is 3.44. The third-order valence-corrected chi connectivity index (χ3v) is 3.41. The van der Waals surface area contributed by atoms with Crippen LogP contribution in [0, 0.1) is 0 Å². The lowest BCUT2D eigenvalue weighted by Crippen LogP contribution is -2.04. The highest BCUT2D eigenvalue weighted by atomic mass is 16.3. The van der Waals surface area contributed by atoms with E-state index < -0.39 is 5.78 Å². The molecule has 0 aliphatic rings. The minimum Gasteiger partial charge on any atom is -0.507 e. The highest BCUT2D eigenvalue weighted by molar-refractivity contribution is 6.12. The van der Waals surface area contributed by atoms with Crippen molar-refractivity contribution in [2.24, 2.45) is 0 Å². The summed E-state index contributed by atoms with van der Waals surface area (Å²) in [6.45, 7) is -0.0836. The van der Waals surface area contributed by atoms with Crippen LogP contribution in [0.3, 0.4) is 0 Å². The van der Waals surface area contributed by atoms with Gasteiger partial charge in [-0.1, -0.05) is 12.1 Å². The lowest BCUT2D eigenvalue weighted by Gasteiger charge is -2.09. The number of ketones is 1. The molecule has 2 rings (SSSR count). The lowest BCUT2D eigenvalue weighted by atomic mass is 9.98. The molecule has 0 aromatic heterocycles. The number of phenols is 2. The fraction of sp³-hybridized carbons (Fsp3) is 0.235. The van der Waals surface area contributed by atoms with Gasteiger partial charge in [-0.05, 0) is 48.2 Å². The summed E-state index contributed by atoms with van der Waals surface area (Å²) in [5.74, 6) is -0.856. The van der Waals surface area contributed by atoms with E-state index >= 15 is 0 Å². The predicted molar refractivity (Wildman–Crippen MR) is 81.2 cm³/mol. The van der Waals surface area contributed by atoms with Crippen LogP contribution < -0.4 is 0 Å². The number of aromatic hydroxyl groups is 2. The molecule has 22 heavy (non-hydrogen) atoms. The first-order valence-electron chi connectivity index (χ1n) is 6.97. The van der Waals surface area contributed by atoms with Crippen LogP contribution in [0.2, 0.25) is 0 Å². The SMILES string of the molecule is O=C(c1ccc(CCO)cc1O)c1ccc(CCO)cc1O. The molecular formula is C17H18O5. The van der Waals surface area contributed by atoms with Crippen LogP contribution in [-0.4, -0.2) is 39.4 Å². The summed E-state index contributed by atoms with van der Waals surface area (Å²) in [7, 11) is 0. The van der Waals surface area contributed by atoms with Gasteiger partial charge in [0.25, 0.3) is 0 Å². The van der Waals surface area contributed by atoms with E-state index in [4.69, 9.17) is 10.2 Å². The Bertz CT molecular complexity index is 621. The van der Waals surface area contributed by atoms with E-state index in [0.29, 0.717) is 12.8 Å². The number of aliphatic hydroxyl groups is 2. The molecule has 0 bridgehead atoms. The number of carbonyl (C=O) groups excluding carboxylic acids is 1. The van der Waals surface area contributed by atoms with E-state index in [0.717, 1.165) is 11.1 Å². The van der Waals surface area contributed by atoms with Crippen LogP contribution in [0.1, 0.15) is 27.0 Å². The summed E-state index contributed by atoms with van der Waals surface area (Å²) < 4.78 is 0. The number of benzene rings is 2. The normalized spacial score (nSPS) is 10.6. The molecule has 116 valence electrons. The van der Waals surface area contributed by atoms with Crippen molar-refractivity contribution in [3.63, 3.8) is 0 Å². The van der Waals surface area contributed by atoms with E-state index in [1.54, 1.807) is 12.1 Å². The van der Waals surface area contributed by atoms with Gasteiger partial charge in [-0.3, -0.25) is 4.79 Å². The number of phenolic OH excluding ortho intramolecular Hbond substituents is 2. The van der Waals surface area contributed by atoms with E-state index in [1.807, 2.05) is 0 Å². The van der Waals surface area contributed by atoms with Crippen molar-refractivity contribution in [1.82, 2.24) is 0 Å². The zero-order chi connectivity index (χ0) is 16.1. The van der Waals surface area contributed by atoms with Crippen LogP contribution in [-0.2, 0) is 12.8 Å². The second-order valence-corrected chi connectivity index (χ2v) is 4.98. The maximum absolute atomic E-state index is 12.4. The summed E-state index contributed by atoms with van der Waals surface area (Å²) >= 11 is 0. The quantitative estimate of drug-likeness (QED) is 0.605. The molecule has 0 aliphatic carbocycles. The van der Waals surface area contributed by atoms with E-state index in [9.17, 15) is 15.0 Å². The van der Waals surface area contributed by atoms with Gasteiger partial charge < -0.3 is 20.4 Å². The average Bonchev–Trinajstić information content (AvgIpc) is 2.47. The van der Waals surface area contributed by atoms with Gasteiger partial charge in [0.15, 0.2) is 5.78 Å². The zero-order valence-electron chi connectivity index (χ0n) is 12.0. The van der Waals surface area contributed by atoms with Crippen molar-refractivity contribution in [3.05, 3.63) is 58.7 Å². The number of hydrogen-bond acceptors (Lipinski definition) is 5. The molecule has 5 nitrogen and oxygen atoms in total. The molecule has 0 unspecified atom stereocenters. The minimum absolute atomic E-state index is 0.0418. The van der Waals surface area contributed by atoms with Crippen molar-refractivity contribution in [2.75, 3.05) is 13.2 Å². The van der Waals surface area contributed by atoms with Crippen LogP contribution >= 0.6 is 0 Å². The summed E-state index contributed by atoms with van der Waals surface area (Å²) in [5.41, 5.74) is 1.62. The van der Waals surface area contributed by atoms with E-state index in [-0.39, 0.29) is 35.8 Å². The highest BCUT2D eigenvalue weighted by Crippen LogP contribution is 2.27. The molecule has 4 N–H and O–H groups in total. The monoisotopic (exact) mass is 302 g/mol. The number of hydrogen-bond donors (Lipinski definition) is 4. The summed E-state index contributed by atoms with van der Waals surface area (Å²) in [6.07, 6.45) is 0.784. The van der Waals surface area contributed by atoms with Crippen molar-refractivity contribution in [3.8, 4) is 11.5 Å². The molecule has 2 aromatic carbocycles. The van der Waals surface area contributed by atoms with Crippen LogP contribution in [0.25, 0.3) is 0 Å². The molecule has 0 atom stereocenters. The molecule has 0 spiro atoms. The Balaban J connectivity index is 2.32. The summed E-state index contributed by atoms with van der Waals surface area (Å²) in [4.78, 5) is 12.4. The number of carbonyl (C=O) groups is 1. The van der Waals surface area contributed by atoms with Crippen molar-refractivity contribution in [1.29, 1.82) is 0 Å². The van der Waals surface area contributed by atoms with Crippen LogP contribution in [0.4, 0.5) is 0 Å². The highest BCUT2D eigenvalue weighted by Gasteiger charge is 2.17. The molecule has 0 heterocycles. The van der Waals surface area contributed by atoms with Crippen LogP contribution in [0.15, 0.2) is 36.4 Å². The molecule has 0 saturated carbocycles. The van der Waals surface area contributed by atoms with Gasteiger partial charge in [0, 0.05) is 13.2 Å². The lowest BCUT2D eigenvalue weighted by molar-refractivity contribution is 0.103. The first-order valence-corrected chi connectivity index (χ1v) is 6.97. The van der Waals surface area contributed by atoms with Gasteiger partial charge in [0.05, 0.1) is 11.1 Å². The molecule has 0 aliphatic heterocycles. The second kappa shape index (κ2) is 7.06. The fourth-order valence-corrected chi connectivity index (χ4v) is 2.25. The molecule has 5 heteroatoms. The standard InChI is InChI=1S/C17H18O5/c18-7-5-11-1-3-13(15(20)9-11)17(22)14-4-2-12(6-8-19)10-16(14)21/h1-4,9-10,18-21H,5-8H2. The molecule has 0 saturated heterocycles. The molecular weight excluding hydrogens is 284 g/mol. The summed E-state index contributed by atoms with van der Waals surface area (Å²) in [5, 5.41) is 37.7. The van der Waals surface area contributed by atoms with Gasteiger partial charge >= 0.3 is 0 Å². The van der Waals surface area contributed by atoms with E-state index in [1.165, 1.54) is 24.3 Å². The Kier molecular flexibility index (Phi) is 5.14. The topological polar surface area (TPSA) is 98.0 Å². The first kappa shape index (κ1) is 16.0. The maximum Gasteiger partial charge on any atom is 0.200 e. The molecule has 0 amide bonds. The van der Waals surface area contributed by atoms with E-state index in [2.05, 4.69) is 0 Å². The number of aliphatic hydroxyl groups excluding tert-OH is 2. The first-order chi connectivity index (χ1) is 10.6. The Morgan fingerprint density at radius 1 is 0.773 bits per heavy atom. The molecule has 0 fully saturated rings. The van der Waals surface area contributed by atoms with Crippen LogP contribution in [0.5, 0.6) is 11.5 Å². The van der Waals surface area contributed by atoms with Crippen molar-refractivity contribution >= 4 is 5.78 Å². The van der Waals surface area contributed by atoms with Crippen molar-refractivity contribution < 1.29 is 25.2 Å². The second-order valence-electron chi connectivity index (χ2n) is 4.98. The van der Waals surface area contributed by atoms with Gasteiger partial charge in [-0.15, -0.1) is 0 Å². The Hall–Kier alpha value is -2.37. The largest absolute Gasteiger partial charge is 0.507 e. The van der Waals surface area contributed by atoms with Gasteiger partial charge in [-0.2, -0.15) is 0 Å². The fourth-order valence-electron chi connectivity index (χ4n) is 2.25. The molecule has 2 aromatic rings. The van der Waals surface area contributed by atoms with Gasteiger partial charge in [-0.25, -0.2) is 0 Å². The minimum atomic E-state index is -0.485. The van der Waals surface area contributed by atoms with Gasteiger partial charge in [0.1, 0.15) is 11.5 Å². The molecule has 0 radical (unpaired) electrons. The Morgan fingerprint density at radius 2 is 1.18 bits per heavy atom. The van der Waals surface area contributed by atoms with Crippen molar-refractivity contribution in [2.45, 2.75) is 12.8 Å². The Labute approximate surface area is 128 Å². The summed E-state index contributed by atoms with van der Waals surface area (Å²) in [6, 6.07) is 9.12. The van der Waals surface area contributed by atoms with Gasteiger partial charge in [0.2, 0.25) is 0 Å². The Morgan fingerprint density at radius 3 is 1.50 bits per heavy atom. The zero-order valence-corrected chi connectivity index (χ0v) is 12.0. The predicted octanol–water partition coefficient (Wildman–Crippen LogP) is 1.40. The maximum atomic E-state index is 12.4. The smallest absolute Gasteiger partial charge is 0.200 e.